The molecule has 0 amide bonds. The van der Waals surface area contributed by atoms with Gasteiger partial charge in [-0.25, -0.2) is 4.39 Å². The van der Waals surface area contributed by atoms with E-state index in [4.69, 9.17) is 4.42 Å². The molecule has 0 radical (unpaired) electrons. The van der Waals surface area contributed by atoms with Crippen LogP contribution in [-0.2, 0) is 6.54 Å². The molecule has 2 aromatic rings. The maximum Gasteiger partial charge on any atom is 0.322 e. The molecule has 1 aromatic carbocycles. The van der Waals surface area contributed by atoms with E-state index in [0.29, 0.717) is 36.7 Å². The third-order valence-corrected chi connectivity index (χ3v) is 3.27. The molecular weight excluding hydrogens is 259 g/mol. The number of anilines is 2. The van der Waals surface area contributed by atoms with Crippen LogP contribution >= 0.6 is 0 Å². The van der Waals surface area contributed by atoms with Crippen molar-refractivity contribution >= 4 is 11.7 Å². The van der Waals surface area contributed by atoms with Gasteiger partial charge in [0.2, 0.25) is 5.89 Å². The first-order valence-corrected chi connectivity index (χ1v) is 6.85. The summed E-state index contributed by atoms with van der Waals surface area (Å²) in [5, 5.41) is 11.3. The number of aromatic nitrogens is 2. The van der Waals surface area contributed by atoms with Crippen molar-refractivity contribution < 1.29 is 8.81 Å². The molecule has 1 aliphatic rings. The van der Waals surface area contributed by atoms with Gasteiger partial charge in [-0.2, -0.15) is 0 Å². The van der Waals surface area contributed by atoms with Gasteiger partial charge in [0.15, 0.2) is 0 Å². The number of rotatable bonds is 6. The van der Waals surface area contributed by atoms with Gasteiger partial charge in [0.1, 0.15) is 5.82 Å². The van der Waals surface area contributed by atoms with Crippen LogP contribution in [0.4, 0.5) is 16.1 Å². The van der Waals surface area contributed by atoms with Gasteiger partial charge in [-0.15, -0.1) is 5.10 Å². The summed E-state index contributed by atoms with van der Waals surface area (Å²) in [6.45, 7) is 3.03. The number of hydrogen-bond acceptors (Lipinski definition) is 5. The molecule has 1 aromatic heterocycles. The van der Waals surface area contributed by atoms with Crippen LogP contribution in [0.3, 0.4) is 0 Å². The van der Waals surface area contributed by atoms with Crippen molar-refractivity contribution in [2.45, 2.75) is 32.4 Å². The van der Waals surface area contributed by atoms with E-state index in [9.17, 15) is 4.39 Å². The Balaban J connectivity index is 1.76. The van der Waals surface area contributed by atoms with E-state index in [1.807, 2.05) is 6.92 Å². The summed E-state index contributed by atoms with van der Waals surface area (Å²) < 4.78 is 19.4. The molecule has 106 valence electrons. The highest BCUT2D eigenvalue weighted by Gasteiger charge is 2.22. The van der Waals surface area contributed by atoms with E-state index in [-0.39, 0.29) is 5.82 Å². The van der Waals surface area contributed by atoms with Gasteiger partial charge in [0.05, 0.1) is 12.2 Å². The van der Waals surface area contributed by atoms with E-state index < -0.39 is 0 Å². The van der Waals surface area contributed by atoms with Gasteiger partial charge in [-0.05, 0) is 31.9 Å². The largest absolute Gasteiger partial charge is 0.406 e. The first-order valence-electron chi connectivity index (χ1n) is 6.85. The second-order valence-electron chi connectivity index (χ2n) is 4.83. The van der Waals surface area contributed by atoms with E-state index >= 15 is 0 Å². The Kier molecular flexibility index (Phi) is 3.64. The predicted molar refractivity (Wildman–Crippen MR) is 73.2 cm³/mol. The Hall–Kier alpha value is -1.95. The van der Waals surface area contributed by atoms with Crippen LogP contribution in [0.25, 0.3) is 0 Å². The fourth-order valence-corrected chi connectivity index (χ4v) is 2.02. The monoisotopic (exact) mass is 276 g/mol. The molecule has 1 heterocycles. The van der Waals surface area contributed by atoms with Gasteiger partial charge < -0.3 is 9.73 Å². The van der Waals surface area contributed by atoms with Crippen molar-refractivity contribution in [1.82, 2.24) is 15.5 Å². The maximum atomic E-state index is 13.8. The maximum absolute atomic E-state index is 13.8. The molecule has 0 spiro atoms. The number of halogens is 1. The molecule has 1 saturated carbocycles. The number of nitrogens with one attached hydrogen (secondary N) is 1. The molecule has 1 fully saturated rings. The van der Waals surface area contributed by atoms with Crippen LogP contribution in [0.5, 0.6) is 0 Å². The van der Waals surface area contributed by atoms with Gasteiger partial charge in [-0.3, -0.25) is 4.90 Å². The number of benzene rings is 1. The first kappa shape index (κ1) is 13.1. The number of para-hydroxylation sites is 1. The Morgan fingerprint density at radius 2 is 2.15 bits per heavy atom. The lowest BCUT2D eigenvalue weighted by Crippen LogP contribution is -2.17. The normalized spacial score (nSPS) is 14.5. The van der Waals surface area contributed by atoms with Crippen LogP contribution in [0.1, 0.15) is 25.7 Å². The minimum atomic E-state index is -0.301. The quantitative estimate of drug-likeness (QED) is 0.879. The van der Waals surface area contributed by atoms with Crippen LogP contribution in [0, 0.1) is 5.82 Å². The standard InChI is InChI=1S/C14H17FN4O/c1-2-19(12-6-4-3-5-11(12)15)14-18-17-13(20-14)9-16-10-7-8-10/h3-6,10,16H,2,7-9H2,1H3. The molecule has 5 nitrogen and oxygen atoms in total. The average molecular weight is 276 g/mol. The topological polar surface area (TPSA) is 54.2 Å². The highest BCUT2D eigenvalue weighted by atomic mass is 19.1. The zero-order chi connectivity index (χ0) is 13.9. The van der Waals surface area contributed by atoms with Gasteiger partial charge in [0, 0.05) is 12.6 Å². The summed E-state index contributed by atoms with van der Waals surface area (Å²) in [6.07, 6.45) is 2.41. The Bertz CT molecular complexity index is 582. The molecule has 0 atom stereocenters. The molecule has 0 saturated heterocycles. The molecule has 3 rings (SSSR count). The first-order chi connectivity index (χ1) is 9.78. The van der Waals surface area contributed by atoms with Crippen molar-refractivity contribution in [2.75, 3.05) is 11.4 Å². The molecular formula is C14H17FN4O. The predicted octanol–water partition coefficient (Wildman–Crippen LogP) is 2.62. The fraction of sp³-hybridized carbons (Fsp3) is 0.429. The lowest BCUT2D eigenvalue weighted by molar-refractivity contribution is 0.467. The van der Waals surface area contributed by atoms with Crippen LogP contribution < -0.4 is 10.2 Å². The van der Waals surface area contributed by atoms with Gasteiger partial charge in [-0.1, -0.05) is 17.2 Å². The Morgan fingerprint density at radius 1 is 1.35 bits per heavy atom. The highest BCUT2D eigenvalue weighted by Crippen LogP contribution is 2.26. The molecule has 20 heavy (non-hydrogen) atoms. The van der Waals surface area contributed by atoms with Crippen molar-refractivity contribution in [3.63, 3.8) is 0 Å². The Morgan fingerprint density at radius 3 is 2.85 bits per heavy atom. The molecule has 0 unspecified atom stereocenters. The Labute approximate surface area is 116 Å². The number of hydrogen-bond donors (Lipinski definition) is 1. The van der Waals surface area contributed by atoms with Crippen molar-refractivity contribution in [3.05, 3.63) is 36.0 Å². The third kappa shape index (κ3) is 2.80. The van der Waals surface area contributed by atoms with E-state index in [2.05, 4.69) is 15.5 Å². The van der Waals surface area contributed by atoms with E-state index in [0.717, 1.165) is 0 Å². The minimum absolute atomic E-state index is 0.301. The van der Waals surface area contributed by atoms with Crippen LogP contribution in [0.15, 0.2) is 28.7 Å². The van der Waals surface area contributed by atoms with E-state index in [1.54, 1.807) is 23.1 Å². The molecule has 6 heteroatoms. The molecule has 1 N–H and O–H groups in total. The zero-order valence-corrected chi connectivity index (χ0v) is 11.3. The second kappa shape index (κ2) is 5.58. The SMILES string of the molecule is CCN(c1nnc(CNC2CC2)o1)c1ccccc1F. The summed E-state index contributed by atoms with van der Waals surface area (Å²) in [4.78, 5) is 1.67. The lowest BCUT2D eigenvalue weighted by atomic mass is 10.3. The van der Waals surface area contributed by atoms with Crippen LogP contribution in [0.2, 0.25) is 0 Å². The second-order valence-corrected chi connectivity index (χ2v) is 4.83. The smallest absolute Gasteiger partial charge is 0.322 e. The van der Waals surface area contributed by atoms with Gasteiger partial charge in [0.25, 0.3) is 0 Å². The zero-order valence-electron chi connectivity index (χ0n) is 11.3. The summed E-state index contributed by atoms with van der Waals surface area (Å²) in [7, 11) is 0. The van der Waals surface area contributed by atoms with E-state index in [1.165, 1.54) is 18.9 Å². The van der Waals surface area contributed by atoms with Gasteiger partial charge >= 0.3 is 6.01 Å². The summed E-state index contributed by atoms with van der Waals surface area (Å²) in [5.41, 5.74) is 0.445. The third-order valence-electron chi connectivity index (χ3n) is 3.27. The molecule has 0 bridgehead atoms. The summed E-state index contributed by atoms with van der Waals surface area (Å²) in [6, 6.07) is 7.47. The number of nitrogens with zero attached hydrogens (tertiary/aromatic N) is 3. The lowest BCUT2D eigenvalue weighted by Gasteiger charge is -2.18. The highest BCUT2D eigenvalue weighted by molar-refractivity contribution is 5.56. The van der Waals surface area contributed by atoms with Crippen molar-refractivity contribution in [2.24, 2.45) is 0 Å². The fourth-order valence-electron chi connectivity index (χ4n) is 2.02. The minimum Gasteiger partial charge on any atom is -0.406 e. The molecule has 1 aliphatic carbocycles. The summed E-state index contributed by atoms with van der Waals surface area (Å²) in [5.74, 6) is 0.229. The van der Waals surface area contributed by atoms with Crippen molar-refractivity contribution in [1.29, 1.82) is 0 Å². The van der Waals surface area contributed by atoms with Crippen LogP contribution in [-0.4, -0.2) is 22.8 Å². The van der Waals surface area contributed by atoms with Crippen molar-refractivity contribution in [3.8, 4) is 0 Å². The summed E-state index contributed by atoms with van der Waals surface area (Å²) >= 11 is 0. The molecule has 0 aliphatic heterocycles. The average Bonchev–Trinajstić information content (AvgIpc) is 3.18.